The average molecular weight is 267 g/mol. The zero-order chi connectivity index (χ0) is 14.2. The number of likely N-dealkylation sites (N-methyl/N-ethyl adjacent to an activating group) is 1. The van der Waals surface area contributed by atoms with Crippen LogP contribution in [0.25, 0.3) is 0 Å². The van der Waals surface area contributed by atoms with Crippen LogP contribution in [-0.2, 0) is 6.54 Å². The van der Waals surface area contributed by atoms with Gasteiger partial charge in [-0.15, -0.1) is 0 Å². The fraction of sp³-hybridized carbons (Fsp3) is 0.250. The van der Waals surface area contributed by atoms with Gasteiger partial charge in [-0.2, -0.15) is 5.26 Å². The van der Waals surface area contributed by atoms with E-state index in [2.05, 4.69) is 16.0 Å². The summed E-state index contributed by atoms with van der Waals surface area (Å²) >= 11 is 0. The second-order valence-electron chi connectivity index (χ2n) is 4.52. The SMILES string of the molecule is CN(CCOc1ccccc1C#N)Cc1ccccn1. The molecule has 0 saturated carbocycles. The Hall–Kier alpha value is -2.38. The molecule has 0 radical (unpaired) electrons. The second kappa shape index (κ2) is 7.27. The molecule has 2 aromatic rings. The summed E-state index contributed by atoms with van der Waals surface area (Å²) in [5.74, 6) is 0.640. The summed E-state index contributed by atoms with van der Waals surface area (Å²) in [5.41, 5.74) is 1.60. The molecule has 2 rings (SSSR count). The van der Waals surface area contributed by atoms with E-state index in [0.717, 1.165) is 18.8 Å². The van der Waals surface area contributed by atoms with Gasteiger partial charge in [0.15, 0.2) is 0 Å². The fourth-order valence-electron chi connectivity index (χ4n) is 1.84. The molecule has 0 saturated heterocycles. The number of ether oxygens (including phenoxy) is 1. The highest BCUT2D eigenvalue weighted by molar-refractivity contribution is 5.42. The van der Waals surface area contributed by atoms with Crippen molar-refractivity contribution in [3.8, 4) is 11.8 Å². The first-order valence-electron chi connectivity index (χ1n) is 6.50. The molecule has 0 fully saturated rings. The van der Waals surface area contributed by atoms with E-state index in [-0.39, 0.29) is 0 Å². The van der Waals surface area contributed by atoms with E-state index >= 15 is 0 Å². The topological polar surface area (TPSA) is 49.1 Å². The zero-order valence-corrected chi connectivity index (χ0v) is 11.5. The summed E-state index contributed by atoms with van der Waals surface area (Å²) < 4.78 is 5.65. The standard InChI is InChI=1S/C16H17N3O/c1-19(13-15-7-4-5-9-18-15)10-11-20-16-8-3-2-6-14(16)12-17/h2-9H,10-11,13H2,1H3. The van der Waals surface area contributed by atoms with Crippen LogP contribution in [-0.4, -0.2) is 30.1 Å². The molecular formula is C16H17N3O. The van der Waals surface area contributed by atoms with Crippen LogP contribution >= 0.6 is 0 Å². The Labute approximate surface area is 119 Å². The molecule has 4 heteroatoms. The molecular weight excluding hydrogens is 250 g/mol. The number of aromatic nitrogens is 1. The lowest BCUT2D eigenvalue weighted by Gasteiger charge is -2.16. The van der Waals surface area contributed by atoms with Crippen LogP contribution in [0, 0.1) is 11.3 Å². The molecule has 4 nitrogen and oxygen atoms in total. The quantitative estimate of drug-likeness (QED) is 0.806. The highest BCUT2D eigenvalue weighted by Crippen LogP contribution is 2.16. The molecule has 0 unspecified atom stereocenters. The minimum atomic E-state index is 0.544. The molecule has 0 aliphatic heterocycles. The van der Waals surface area contributed by atoms with Gasteiger partial charge in [0.2, 0.25) is 0 Å². The van der Waals surface area contributed by atoms with Crippen LogP contribution in [0.15, 0.2) is 48.7 Å². The lowest BCUT2D eigenvalue weighted by Crippen LogP contribution is -2.24. The lowest BCUT2D eigenvalue weighted by atomic mass is 10.2. The molecule has 1 aromatic carbocycles. The number of para-hydroxylation sites is 1. The van der Waals surface area contributed by atoms with Crippen molar-refractivity contribution in [2.45, 2.75) is 6.54 Å². The summed E-state index contributed by atoms with van der Waals surface area (Å²) in [4.78, 5) is 6.42. The van der Waals surface area contributed by atoms with E-state index in [0.29, 0.717) is 17.9 Å². The fourth-order valence-corrected chi connectivity index (χ4v) is 1.84. The molecule has 0 N–H and O–H groups in total. The van der Waals surface area contributed by atoms with Gasteiger partial charge in [-0.05, 0) is 31.3 Å². The molecule has 1 aromatic heterocycles. The highest BCUT2D eigenvalue weighted by Gasteiger charge is 2.04. The van der Waals surface area contributed by atoms with Crippen LogP contribution in [0.5, 0.6) is 5.75 Å². The van der Waals surface area contributed by atoms with Crippen molar-refractivity contribution in [2.75, 3.05) is 20.2 Å². The number of pyridine rings is 1. The Morgan fingerprint density at radius 1 is 1.20 bits per heavy atom. The molecule has 0 spiro atoms. The van der Waals surface area contributed by atoms with Crippen molar-refractivity contribution < 1.29 is 4.74 Å². The molecule has 0 aliphatic carbocycles. The van der Waals surface area contributed by atoms with Crippen molar-refractivity contribution in [3.05, 3.63) is 59.9 Å². The molecule has 1 heterocycles. The smallest absolute Gasteiger partial charge is 0.137 e. The van der Waals surface area contributed by atoms with Crippen molar-refractivity contribution in [3.63, 3.8) is 0 Å². The van der Waals surface area contributed by atoms with Gasteiger partial charge in [0.1, 0.15) is 18.4 Å². The molecule has 0 atom stereocenters. The minimum Gasteiger partial charge on any atom is -0.491 e. The van der Waals surface area contributed by atoms with Crippen LogP contribution in [0.3, 0.4) is 0 Å². The number of rotatable bonds is 6. The van der Waals surface area contributed by atoms with Gasteiger partial charge in [0.05, 0.1) is 11.3 Å². The predicted octanol–water partition coefficient (Wildman–Crippen LogP) is 2.46. The van der Waals surface area contributed by atoms with E-state index in [1.807, 2.05) is 43.4 Å². The number of benzene rings is 1. The van der Waals surface area contributed by atoms with Gasteiger partial charge in [0.25, 0.3) is 0 Å². The molecule has 20 heavy (non-hydrogen) atoms. The lowest BCUT2D eigenvalue weighted by molar-refractivity contribution is 0.231. The number of nitrogens with zero attached hydrogens (tertiary/aromatic N) is 3. The largest absolute Gasteiger partial charge is 0.491 e. The first-order chi connectivity index (χ1) is 9.79. The van der Waals surface area contributed by atoms with Gasteiger partial charge >= 0.3 is 0 Å². The van der Waals surface area contributed by atoms with Crippen molar-refractivity contribution >= 4 is 0 Å². The zero-order valence-electron chi connectivity index (χ0n) is 11.5. The molecule has 0 bridgehead atoms. The Balaban J connectivity index is 1.80. The summed E-state index contributed by atoms with van der Waals surface area (Å²) in [6.45, 7) is 2.10. The molecule has 102 valence electrons. The number of nitriles is 1. The predicted molar refractivity (Wildman–Crippen MR) is 77.2 cm³/mol. The van der Waals surface area contributed by atoms with Gasteiger partial charge < -0.3 is 4.74 Å². The van der Waals surface area contributed by atoms with Crippen LogP contribution < -0.4 is 4.74 Å². The average Bonchev–Trinajstić information content (AvgIpc) is 2.49. The number of hydrogen-bond acceptors (Lipinski definition) is 4. The Morgan fingerprint density at radius 3 is 2.75 bits per heavy atom. The van der Waals surface area contributed by atoms with Gasteiger partial charge in [-0.25, -0.2) is 0 Å². The van der Waals surface area contributed by atoms with Crippen molar-refractivity contribution in [1.82, 2.24) is 9.88 Å². The molecule has 0 aliphatic rings. The van der Waals surface area contributed by atoms with E-state index in [4.69, 9.17) is 10.00 Å². The van der Waals surface area contributed by atoms with Crippen molar-refractivity contribution in [1.29, 1.82) is 5.26 Å². The molecule has 0 amide bonds. The van der Waals surface area contributed by atoms with Crippen LogP contribution in [0.1, 0.15) is 11.3 Å². The van der Waals surface area contributed by atoms with Gasteiger partial charge in [0, 0.05) is 19.3 Å². The summed E-state index contributed by atoms with van der Waals surface area (Å²) in [7, 11) is 2.02. The van der Waals surface area contributed by atoms with Gasteiger partial charge in [-0.3, -0.25) is 9.88 Å². The summed E-state index contributed by atoms with van der Waals surface area (Å²) in [5, 5.41) is 8.97. The Bertz CT molecular complexity index is 578. The van der Waals surface area contributed by atoms with E-state index in [1.54, 1.807) is 12.3 Å². The second-order valence-corrected chi connectivity index (χ2v) is 4.52. The normalized spacial score (nSPS) is 10.2. The third-order valence-corrected chi connectivity index (χ3v) is 2.90. The van der Waals surface area contributed by atoms with E-state index < -0.39 is 0 Å². The van der Waals surface area contributed by atoms with Gasteiger partial charge in [-0.1, -0.05) is 18.2 Å². The maximum absolute atomic E-state index is 8.97. The maximum Gasteiger partial charge on any atom is 0.137 e. The summed E-state index contributed by atoms with van der Waals surface area (Å²) in [6, 6.07) is 15.3. The first kappa shape index (κ1) is 14.0. The van der Waals surface area contributed by atoms with Crippen molar-refractivity contribution in [2.24, 2.45) is 0 Å². The van der Waals surface area contributed by atoms with Crippen LogP contribution in [0.2, 0.25) is 0 Å². The Morgan fingerprint density at radius 2 is 2.00 bits per heavy atom. The number of hydrogen-bond donors (Lipinski definition) is 0. The van der Waals surface area contributed by atoms with Crippen LogP contribution in [0.4, 0.5) is 0 Å². The Kier molecular flexibility index (Phi) is 5.10. The van der Waals surface area contributed by atoms with E-state index in [9.17, 15) is 0 Å². The monoisotopic (exact) mass is 267 g/mol. The highest BCUT2D eigenvalue weighted by atomic mass is 16.5. The van der Waals surface area contributed by atoms with E-state index in [1.165, 1.54) is 0 Å². The first-order valence-corrected chi connectivity index (χ1v) is 6.50. The third kappa shape index (κ3) is 4.08. The third-order valence-electron chi connectivity index (χ3n) is 2.90. The minimum absolute atomic E-state index is 0.544. The summed E-state index contributed by atoms with van der Waals surface area (Å²) in [6.07, 6.45) is 1.79. The maximum atomic E-state index is 8.97.